The van der Waals surface area contributed by atoms with Gasteiger partial charge in [-0.1, -0.05) is 12.1 Å². The van der Waals surface area contributed by atoms with E-state index in [1.165, 1.54) is 12.1 Å². The molecule has 2 fully saturated rings. The van der Waals surface area contributed by atoms with Crippen LogP contribution in [0.2, 0.25) is 0 Å². The van der Waals surface area contributed by atoms with Crippen molar-refractivity contribution in [2.24, 2.45) is 0 Å². The first kappa shape index (κ1) is 21.2. The number of fused-ring (bicyclic) bond motifs is 1. The van der Waals surface area contributed by atoms with Crippen LogP contribution in [-0.2, 0) is 20.2 Å². The fourth-order valence-corrected chi connectivity index (χ4v) is 5.55. The molecular formula is C23H26N2O6S. The third kappa shape index (κ3) is 4.32. The molecule has 2 aromatic rings. The summed E-state index contributed by atoms with van der Waals surface area (Å²) in [7, 11) is -3.62. The number of carbonyl (C=O) groups is 1. The zero-order valence-electron chi connectivity index (χ0n) is 17.6. The molecule has 2 aromatic carbocycles. The summed E-state index contributed by atoms with van der Waals surface area (Å²) in [5.41, 5.74) is 1.08. The van der Waals surface area contributed by atoms with Gasteiger partial charge in [0.25, 0.3) is 5.91 Å². The van der Waals surface area contributed by atoms with Gasteiger partial charge >= 0.3 is 0 Å². The Morgan fingerprint density at radius 3 is 2.59 bits per heavy atom. The van der Waals surface area contributed by atoms with Crippen molar-refractivity contribution in [3.63, 3.8) is 0 Å². The Labute approximate surface area is 187 Å². The Kier molecular flexibility index (Phi) is 5.56. The molecule has 0 atom stereocenters. The molecule has 5 rings (SSSR count). The Morgan fingerprint density at radius 1 is 1.03 bits per heavy atom. The van der Waals surface area contributed by atoms with Crippen LogP contribution >= 0.6 is 0 Å². The van der Waals surface area contributed by atoms with Crippen molar-refractivity contribution in [3.05, 3.63) is 53.6 Å². The summed E-state index contributed by atoms with van der Waals surface area (Å²) >= 11 is 0. The van der Waals surface area contributed by atoms with Gasteiger partial charge in [0.2, 0.25) is 16.8 Å². The minimum absolute atomic E-state index is 0.00700. The van der Waals surface area contributed by atoms with Crippen LogP contribution in [0.3, 0.4) is 0 Å². The van der Waals surface area contributed by atoms with Crippen molar-refractivity contribution in [1.29, 1.82) is 0 Å². The maximum absolute atomic E-state index is 13.0. The second-order valence-corrected chi connectivity index (χ2v) is 10.3. The van der Waals surface area contributed by atoms with Gasteiger partial charge in [-0.3, -0.25) is 4.79 Å². The molecule has 32 heavy (non-hydrogen) atoms. The number of nitrogens with one attached hydrogen (secondary N) is 2. The molecule has 8 nitrogen and oxygen atoms in total. The summed E-state index contributed by atoms with van der Waals surface area (Å²) in [6.07, 6.45) is 3.22. The van der Waals surface area contributed by atoms with E-state index in [-0.39, 0.29) is 29.1 Å². The topological polar surface area (TPSA) is 103 Å². The molecule has 2 aliphatic heterocycles. The van der Waals surface area contributed by atoms with Crippen molar-refractivity contribution in [3.8, 4) is 11.5 Å². The van der Waals surface area contributed by atoms with E-state index in [4.69, 9.17) is 14.2 Å². The molecule has 1 saturated heterocycles. The summed E-state index contributed by atoms with van der Waals surface area (Å²) in [5, 5.41) is 3.03. The smallest absolute Gasteiger partial charge is 0.251 e. The molecule has 0 aromatic heterocycles. The lowest BCUT2D eigenvalue weighted by molar-refractivity contribution is 0.0486. The fraction of sp³-hybridized carbons (Fsp3) is 0.435. The van der Waals surface area contributed by atoms with Gasteiger partial charge in [0.1, 0.15) is 0 Å². The van der Waals surface area contributed by atoms with Crippen LogP contribution in [-0.4, -0.2) is 46.9 Å². The molecule has 0 radical (unpaired) electrons. The van der Waals surface area contributed by atoms with Crippen molar-refractivity contribution in [1.82, 2.24) is 10.0 Å². The van der Waals surface area contributed by atoms with E-state index in [2.05, 4.69) is 10.0 Å². The van der Waals surface area contributed by atoms with Crippen LogP contribution in [0.4, 0.5) is 0 Å². The second-order valence-electron chi connectivity index (χ2n) is 8.57. The number of carbonyl (C=O) groups excluding carboxylic acids is 1. The highest BCUT2D eigenvalue weighted by atomic mass is 32.2. The first-order valence-electron chi connectivity index (χ1n) is 10.8. The van der Waals surface area contributed by atoms with E-state index < -0.39 is 10.0 Å². The quantitative estimate of drug-likeness (QED) is 0.660. The summed E-state index contributed by atoms with van der Waals surface area (Å²) in [4.78, 5) is 13.1. The number of amides is 1. The predicted octanol–water partition coefficient (Wildman–Crippen LogP) is 2.33. The summed E-state index contributed by atoms with van der Waals surface area (Å²) in [6, 6.07) is 12.1. The van der Waals surface area contributed by atoms with E-state index in [1.807, 2.05) is 18.2 Å². The number of hydrogen-bond acceptors (Lipinski definition) is 6. The summed E-state index contributed by atoms with van der Waals surface area (Å²) in [6.45, 7) is 1.82. The van der Waals surface area contributed by atoms with Gasteiger partial charge in [-0.25, -0.2) is 13.1 Å². The highest BCUT2D eigenvalue weighted by Gasteiger charge is 2.36. The van der Waals surface area contributed by atoms with Crippen molar-refractivity contribution in [2.75, 3.05) is 26.6 Å². The molecule has 1 amide bonds. The van der Waals surface area contributed by atoms with Crippen LogP contribution in [0.25, 0.3) is 0 Å². The van der Waals surface area contributed by atoms with E-state index in [9.17, 15) is 13.2 Å². The van der Waals surface area contributed by atoms with Gasteiger partial charge in [-0.15, -0.1) is 0 Å². The molecule has 2 heterocycles. The zero-order chi connectivity index (χ0) is 22.2. The summed E-state index contributed by atoms with van der Waals surface area (Å²) in [5.74, 6) is 1.12. The van der Waals surface area contributed by atoms with E-state index >= 15 is 0 Å². The van der Waals surface area contributed by atoms with Crippen LogP contribution in [0.15, 0.2) is 47.4 Å². The Bertz CT molecular complexity index is 1120. The largest absolute Gasteiger partial charge is 0.454 e. The minimum Gasteiger partial charge on any atom is -0.454 e. The minimum atomic E-state index is -3.62. The number of ether oxygens (including phenoxy) is 3. The van der Waals surface area contributed by atoms with E-state index in [1.54, 1.807) is 12.1 Å². The van der Waals surface area contributed by atoms with E-state index in [0.717, 1.165) is 37.0 Å². The SMILES string of the molecule is O=C(NCC1(c2ccc3c(c2)OCO3)CCOCC1)c1cccc(S(=O)(=O)NC2CC2)c1. The van der Waals surface area contributed by atoms with Crippen LogP contribution in [0, 0.1) is 0 Å². The fourth-order valence-electron chi connectivity index (χ4n) is 4.20. The summed E-state index contributed by atoms with van der Waals surface area (Å²) < 4.78 is 44.2. The number of benzene rings is 2. The van der Waals surface area contributed by atoms with Gasteiger partial charge in [-0.05, 0) is 61.6 Å². The highest BCUT2D eigenvalue weighted by molar-refractivity contribution is 7.89. The first-order chi connectivity index (χ1) is 15.5. The third-order valence-electron chi connectivity index (χ3n) is 6.33. The molecule has 3 aliphatic rings. The number of rotatable bonds is 7. The number of hydrogen-bond donors (Lipinski definition) is 2. The monoisotopic (exact) mass is 458 g/mol. The molecule has 9 heteroatoms. The molecule has 0 spiro atoms. The molecule has 170 valence electrons. The van der Waals surface area contributed by atoms with Crippen LogP contribution in [0.1, 0.15) is 41.6 Å². The first-order valence-corrected chi connectivity index (χ1v) is 12.3. The lowest BCUT2D eigenvalue weighted by Crippen LogP contribution is -2.44. The molecule has 0 bridgehead atoms. The molecule has 2 N–H and O–H groups in total. The Hall–Kier alpha value is -2.62. The predicted molar refractivity (Wildman–Crippen MR) is 116 cm³/mol. The standard InChI is InChI=1S/C23H26N2O6S/c26-22(16-2-1-3-19(12-16)32(27,28)25-18-5-6-18)24-14-23(8-10-29-11-9-23)17-4-7-20-21(13-17)31-15-30-20/h1-4,7,12-13,18,25H,5-6,8-11,14-15H2,(H,24,26). The van der Waals surface area contributed by atoms with Crippen LogP contribution < -0.4 is 19.5 Å². The molecule has 1 aliphatic carbocycles. The van der Waals surface area contributed by atoms with Crippen molar-refractivity contribution >= 4 is 15.9 Å². The van der Waals surface area contributed by atoms with Crippen molar-refractivity contribution < 1.29 is 27.4 Å². The normalized spacial score (nSPS) is 19.5. The Morgan fingerprint density at radius 2 is 1.81 bits per heavy atom. The highest BCUT2D eigenvalue weighted by Crippen LogP contribution is 2.40. The molecule has 1 saturated carbocycles. The van der Waals surface area contributed by atoms with Gasteiger partial charge in [0, 0.05) is 36.8 Å². The third-order valence-corrected chi connectivity index (χ3v) is 7.85. The Balaban J connectivity index is 1.34. The number of sulfonamides is 1. The average Bonchev–Trinajstić information content (AvgIpc) is 3.49. The van der Waals surface area contributed by atoms with Crippen molar-refractivity contribution in [2.45, 2.75) is 42.0 Å². The molecular weight excluding hydrogens is 432 g/mol. The van der Waals surface area contributed by atoms with E-state index in [0.29, 0.717) is 31.1 Å². The maximum Gasteiger partial charge on any atom is 0.251 e. The van der Waals surface area contributed by atoms with Gasteiger partial charge in [-0.2, -0.15) is 0 Å². The average molecular weight is 459 g/mol. The molecule has 0 unspecified atom stereocenters. The van der Waals surface area contributed by atoms with Gasteiger partial charge in [0.15, 0.2) is 11.5 Å². The lowest BCUT2D eigenvalue weighted by Gasteiger charge is -2.38. The van der Waals surface area contributed by atoms with Gasteiger partial charge in [0.05, 0.1) is 4.90 Å². The lowest BCUT2D eigenvalue weighted by atomic mass is 9.74. The van der Waals surface area contributed by atoms with Crippen LogP contribution in [0.5, 0.6) is 11.5 Å². The second kappa shape index (κ2) is 8.38. The van der Waals surface area contributed by atoms with Gasteiger partial charge < -0.3 is 19.5 Å². The zero-order valence-corrected chi connectivity index (χ0v) is 18.4. The maximum atomic E-state index is 13.0.